The molecular weight excluding hydrogens is 320 g/mol. The Morgan fingerprint density at radius 3 is 2.91 bits per heavy atom. The number of aromatic amines is 1. The molecule has 0 radical (unpaired) electrons. The standard InChI is InChI=1S/C14H12N4O2S2/c1-7-6-15-13(22-7)17-11(19)8-3-4-9-10(5-8)16-14(21)18(2)12(9)20/h3-6H,1-2H3,(H,16,21)(H,15,17,19). The fourth-order valence-electron chi connectivity index (χ4n) is 2.03. The van der Waals surface area contributed by atoms with Crippen LogP contribution in [0, 0.1) is 11.7 Å². The van der Waals surface area contributed by atoms with E-state index in [1.165, 1.54) is 15.9 Å². The van der Waals surface area contributed by atoms with E-state index in [0.29, 0.717) is 26.4 Å². The quantitative estimate of drug-likeness (QED) is 0.707. The third kappa shape index (κ3) is 2.58. The monoisotopic (exact) mass is 332 g/mol. The zero-order valence-corrected chi connectivity index (χ0v) is 13.5. The number of carbonyl (C=O) groups is 1. The van der Waals surface area contributed by atoms with E-state index in [0.717, 1.165) is 4.88 Å². The Balaban J connectivity index is 2.01. The van der Waals surface area contributed by atoms with Crippen molar-refractivity contribution in [2.24, 2.45) is 7.05 Å². The first-order valence-corrected chi connectivity index (χ1v) is 7.65. The summed E-state index contributed by atoms with van der Waals surface area (Å²) in [5.74, 6) is -0.281. The molecule has 1 aromatic carbocycles. The van der Waals surface area contributed by atoms with Crippen LogP contribution in [0.4, 0.5) is 5.13 Å². The van der Waals surface area contributed by atoms with Crippen LogP contribution in [-0.2, 0) is 7.05 Å². The predicted octanol–water partition coefficient (Wildman–Crippen LogP) is 2.61. The number of rotatable bonds is 2. The fraction of sp³-hybridized carbons (Fsp3) is 0.143. The summed E-state index contributed by atoms with van der Waals surface area (Å²) >= 11 is 6.48. The number of benzene rings is 1. The van der Waals surface area contributed by atoms with Crippen LogP contribution >= 0.6 is 23.6 Å². The fourth-order valence-corrected chi connectivity index (χ4v) is 2.88. The summed E-state index contributed by atoms with van der Waals surface area (Å²) in [7, 11) is 1.60. The van der Waals surface area contributed by atoms with Crippen molar-refractivity contribution < 1.29 is 4.79 Å². The Morgan fingerprint density at radius 2 is 2.23 bits per heavy atom. The Labute approximate surface area is 134 Å². The van der Waals surface area contributed by atoms with Gasteiger partial charge in [0.2, 0.25) is 0 Å². The molecule has 0 spiro atoms. The number of amides is 1. The van der Waals surface area contributed by atoms with E-state index in [4.69, 9.17) is 12.2 Å². The molecule has 22 heavy (non-hydrogen) atoms. The summed E-state index contributed by atoms with van der Waals surface area (Å²) in [6.45, 7) is 1.92. The summed E-state index contributed by atoms with van der Waals surface area (Å²) < 4.78 is 1.67. The average Bonchev–Trinajstić information content (AvgIpc) is 2.89. The van der Waals surface area contributed by atoms with Gasteiger partial charge >= 0.3 is 0 Å². The lowest BCUT2D eigenvalue weighted by atomic mass is 10.1. The highest BCUT2D eigenvalue weighted by Crippen LogP contribution is 2.18. The lowest BCUT2D eigenvalue weighted by molar-refractivity contribution is 0.102. The molecule has 0 saturated carbocycles. The first-order chi connectivity index (χ1) is 10.5. The van der Waals surface area contributed by atoms with E-state index in [-0.39, 0.29) is 11.5 Å². The van der Waals surface area contributed by atoms with Crippen molar-refractivity contribution in [3.63, 3.8) is 0 Å². The van der Waals surface area contributed by atoms with Crippen molar-refractivity contribution in [3.05, 3.63) is 50.0 Å². The highest BCUT2D eigenvalue weighted by atomic mass is 32.1. The van der Waals surface area contributed by atoms with Gasteiger partial charge in [-0.05, 0) is 37.3 Å². The summed E-state index contributed by atoms with van der Waals surface area (Å²) in [4.78, 5) is 32.4. The zero-order chi connectivity index (χ0) is 15.9. The molecule has 0 aliphatic rings. The van der Waals surface area contributed by atoms with Gasteiger partial charge in [0.25, 0.3) is 11.5 Å². The molecule has 8 heteroatoms. The predicted molar refractivity (Wildman–Crippen MR) is 89.2 cm³/mol. The van der Waals surface area contributed by atoms with Crippen LogP contribution in [-0.4, -0.2) is 20.4 Å². The zero-order valence-electron chi connectivity index (χ0n) is 11.8. The number of anilines is 1. The molecule has 0 aliphatic heterocycles. The molecule has 6 nitrogen and oxygen atoms in total. The van der Waals surface area contributed by atoms with Gasteiger partial charge in [0, 0.05) is 23.7 Å². The normalized spacial score (nSPS) is 10.8. The van der Waals surface area contributed by atoms with Gasteiger partial charge in [-0.1, -0.05) is 0 Å². The van der Waals surface area contributed by atoms with E-state index in [9.17, 15) is 9.59 Å². The van der Waals surface area contributed by atoms with E-state index in [1.54, 1.807) is 31.4 Å². The molecule has 0 fully saturated rings. The van der Waals surface area contributed by atoms with Crippen LogP contribution in [0.1, 0.15) is 15.2 Å². The number of hydrogen-bond acceptors (Lipinski definition) is 5. The lowest BCUT2D eigenvalue weighted by Crippen LogP contribution is -2.19. The molecule has 0 aliphatic carbocycles. The third-order valence-corrected chi connectivity index (χ3v) is 4.41. The highest BCUT2D eigenvalue weighted by molar-refractivity contribution is 7.71. The molecular formula is C14H12N4O2S2. The molecule has 3 aromatic rings. The van der Waals surface area contributed by atoms with Gasteiger partial charge in [-0.25, -0.2) is 4.98 Å². The molecule has 0 atom stereocenters. The van der Waals surface area contributed by atoms with E-state index >= 15 is 0 Å². The second kappa shape index (κ2) is 5.47. The smallest absolute Gasteiger partial charge is 0.261 e. The molecule has 112 valence electrons. The van der Waals surface area contributed by atoms with E-state index in [1.807, 2.05) is 6.92 Å². The molecule has 2 N–H and O–H groups in total. The van der Waals surface area contributed by atoms with Crippen LogP contribution in [0.25, 0.3) is 10.9 Å². The van der Waals surface area contributed by atoms with Crippen LogP contribution in [0.5, 0.6) is 0 Å². The molecule has 0 saturated heterocycles. The molecule has 3 rings (SSSR count). The summed E-state index contributed by atoms with van der Waals surface area (Å²) in [5.41, 5.74) is 0.775. The second-order valence-electron chi connectivity index (χ2n) is 4.78. The van der Waals surface area contributed by atoms with Gasteiger partial charge in [0.15, 0.2) is 9.90 Å². The van der Waals surface area contributed by atoms with Crippen LogP contribution in [0.3, 0.4) is 0 Å². The second-order valence-corrected chi connectivity index (χ2v) is 6.41. The summed E-state index contributed by atoms with van der Waals surface area (Å²) in [5, 5.41) is 3.75. The van der Waals surface area contributed by atoms with Crippen LogP contribution in [0.15, 0.2) is 29.2 Å². The average molecular weight is 332 g/mol. The Bertz CT molecular complexity index is 1000. The minimum atomic E-state index is -0.281. The molecule has 0 unspecified atom stereocenters. The maximum atomic E-state index is 12.2. The summed E-state index contributed by atoms with van der Waals surface area (Å²) in [6, 6.07) is 4.84. The first-order valence-electron chi connectivity index (χ1n) is 6.42. The highest BCUT2D eigenvalue weighted by Gasteiger charge is 2.11. The maximum absolute atomic E-state index is 12.2. The number of fused-ring (bicyclic) bond motifs is 1. The number of carbonyl (C=O) groups excluding carboxylic acids is 1. The number of thiazole rings is 1. The van der Waals surface area contributed by atoms with Crippen LogP contribution in [0.2, 0.25) is 0 Å². The molecule has 0 bridgehead atoms. The van der Waals surface area contributed by atoms with Crippen molar-refractivity contribution in [1.82, 2.24) is 14.5 Å². The van der Waals surface area contributed by atoms with E-state index in [2.05, 4.69) is 15.3 Å². The number of nitrogens with zero attached hydrogens (tertiary/aromatic N) is 2. The number of aromatic nitrogens is 3. The molecule has 2 heterocycles. The minimum Gasteiger partial charge on any atom is -0.332 e. The Kier molecular flexibility index (Phi) is 3.63. The Hall–Kier alpha value is -2.32. The minimum absolute atomic E-state index is 0.193. The number of aryl methyl sites for hydroxylation is 1. The number of nitrogens with one attached hydrogen (secondary N) is 2. The lowest BCUT2D eigenvalue weighted by Gasteiger charge is -2.05. The van der Waals surface area contributed by atoms with Crippen molar-refractivity contribution in [2.75, 3.05) is 5.32 Å². The van der Waals surface area contributed by atoms with Gasteiger partial charge in [-0.3, -0.25) is 19.5 Å². The van der Waals surface area contributed by atoms with Gasteiger partial charge in [-0.15, -0.1) is 11.3 Å². The summed E-state index contributed by atoms with van der Waals surface area (Å²) in [6.07, 6.45) is 1.70. The Morgan fingerprint density at radius 1 is 1.45 bits per heavy atom. The van der Waals surface area contributed by atoms with Crippen molar-refractivity contribution in [3.8, 4) is 0 Å². The van der Waals surface area contributed by atoms with Gasteiger partial charge < -0.3 is 4.98 Å². The largest absolute Gasteiger partial charge is 0.332 e. The van der Waals surface area contributed by atoms with Crippen LogP contribution < -0.4 is 10.9 Å². The van der Waals surface area contributed by atoms with E-state index < -0.39 is 0 Å². The van der Waals surface area contributed by atoms with Gasteiger partial charge in [0.1, 0.15) is 0 Å². The van der Waals surface area contributed by atoms with Crippen molar-refractivity contribution in [2.45, 2.75) is 6.92 Å². The third-order valence-electron chi connectivity index (χ3n) is 3.20. The van der Waals surface area contributed by atoms with Crippen molar-refractivity contribution >= 4 is 45.5 Å². The van der Waals surface area contributed by atoms with Gasteiger partial charge in [0.05, 0.1) is 10.9 Å². The molecule has 2 aromatic heterocycles. The topological polar surface area (TPSA) is 79.8 Å². The van der Waals surface area contributed by atoms with Gasteiger partial charge in [-0.2, -0.15) is 0 Å². The maximum Gasteiger partial charge on any atom is 0.261 e. The SMILES string of the molecule is Cc1cnc(NC(=O)c2ccc3c(=O)n(C)c(=S)[nH]c3c2)s1. The first kappa shape index (κ1) is 14.6. The molecule has 1 amide bonds. The number of hydrogen-bond donors (Lipinski definition) is 2. The number of H-pyrrole nitrogens is 1. The van der Waals surface area contributed by atoms with Crippen molar-refractivity contribution in [1.29, 1.82) is 0 Å².